The van der Waals surface area contributed by atoms with Crippen LogP contribution in [0.2, 0.25) is 0 Å². The molecule has 112 valence electrons. The highest BCUT2D eigenvalue weighted by Gasteiger charge is 2.18. The Hall–Kier alpha value is -0.450. The van der Waals surface area contributed by atoms with Crippen LogP contribution in [0.1, 0.15) is 32.3 Å². The van der Waals surface area contributed by atoms with Crippen molar-refractivity contribution in [3.8, 4) is 0 Å². The molecule has 20 heavy (non-hydrogen) atoms. The molecule has 1 aromatic carbocycles. The standard InChI is InChI=1S/C16H24BrFN2/c1-12(2)8-14-11-20(7-3-6-19-14)10-13-4-5-16(18)15(17)9-13/h4-5,9,12,14,19H,3,6-8,10-11H2,1-2H3. The van der Waals surface area contributed by atoms with Crippen LogP contribution >= 0.6 is 15.9 Å². The van der Waals surface area contributed by atoms with Crippen LogP contribution in [0.3, 0.4) is 0 Å². The molecule has 0 bridgehead atoms. The number of rotatable bonds is 4. The molecule has 1 fully saturated rings. The van der Waals surface area contributed by atoms with Gasteiger partial charge in [-0.1, -0.05) is 19.9 Å². The summed E-state index contributed by atoms with van der Waals surface area (Å²) in [4.78, 5) is 2.48. The molecule has 1 unspecified atom stereocenters. The minimum atomic E-state index is -0.191. The molecule has 0 saturated carbocycles. The molecule has 1 N–H and O–H groups in total. The third kappa shape index (κ3) is 4.83. The highest BCUT2D eigenvalue weighted by Crippen LogP contribution is 2.19. The minimum absolute atomic E-state index is 0.191. The molecule has 1 saturated heterocycles. The van der Waals surface area contributed by atoms with Gasteiger partial charge in [0.15, 0.2) is 0 Å². The van der Waals surface area contributed by atoms with Crippen molar-refractivity contribution in [2.75, 3.05) is 19.6 Å². The molecule has 0 aromatic heterocycles. The van der Waals surface area contributed by atoms with Gasteiger partial charge >= 0.3 is 0 Å². The Labute approximate surface area is 129 Å². The molecule has 0 spiro atoms. The number of nitrogens with one attached hydrogen (secondary N) is 1. The van der Waals surface area contributed by atoms with Gasteiger partial charge in [-0.2, -0.15) is 0 Å². The second-order valence-corrected chi connectivity index (χ2v) is 6.97. The first-order valence-electron chi connectivity index (χ1n) is 7.44. The van der Waals surface area contributed by atoms with E-state index in [1.807, 2.05) is 12.1 Å². The number of hydrogen-bond donors (Lipinski definition) is 1. The number of hydrogen-bond acceptors (Lipinski definition) is 2. The van der Waals surface area contributed by atoms with Crippen LogP contribution in [0.15, 0.2) is 22.7 Å². The van der Waals surface area contributed by atoms with Crippen molar-refractivity contribution in [1.82, 2.24) is 10.2 Å². The van der Waals surface area contributed by atoms with Crippen molar-refractivity contribution in [3.05, 3.63) is 34.1 Å². The average molecular weight is 343 g/mol. The maximum atomic E-state index is 13.3. The van der Waals surface area contributed by atoms with E-state index in [4.69, 9.17) is 0 Å². The average Bonchev–Trinajstić information content (AvgIpc) is 2.58. The summed E-state index contributed by atoms with van der Waals surface area (Å²) in [5, 5.41) is 3.64. The molecule has 0 radical (unpaired) electrons. The van der Waals surface area contributed by atoms with E-state index in [9.17, 15) is 4.39 Å². The zero-order valence-electron chi connectivity index (χ0n) is 12.3. The van der Waals surface area contributed by atoms with Crippen molar-refractivity contribution in [2.45, 2.75) is 39.3 Å². The first-order valence-corrected chi connectivity index (χ1v) is 8.23. The predicted octanol–water partition coefficient (Wildman–Crippen LogP) is 3.80. The summed E-state index contributed by atoms with van der Waals surface area (Å²) in [6.07, 6.45) is 2.39. The van der Waals surface area contributed by atoms with Crippen LogP contribution in [0, 0.1) is 11.7 Å². The summed E-state index contributed by atoms with van der Waals surface area (Å²) >= 11 is 3.27. The molecule has 2 nitrogen and oxygen atoms in total. The molecule has 1 aromatic rings. The van der Waals surface area contributed by atoms with Gasteiger partial charge in [-0.25, -0.2) is 4.39 Å². The van der Waals surface area contributed by atoms with E-state index in [2.05, 4.69) is 40.0 Å². The Morgan fingerprint density at radius 3 is 2.95 bits per heavy atom. The molecule has 2 rings (SSSR count). The van der Waals surface area contributed by atoms with Crippen LogP contribution < -0.4 is 5.32 Å². The summed E-state index contributed by atoms with van der Waals surface area (Å²) in [5.74, 6) is 0.524. The lowest BCUT2D eigenvalue weighted by Gasteiger charge is -2.25. The monoisotopic (exact) mass is 342 g/mol. The van der Waals surface area contributed by atoms with Gasteiger partial charge in [-0.15, -0.1) is 0 Å². The summed E-state index contributed by atoms with van der Waals surface area (Å²) < 4.78 is 13.8. The van der Waals surface area contributed by atoms with Crippen molar-refractivity contribution >= 4 is 15.9 Å². The van der Waals surface area contributed by atoms with E-state index in [1.165, 1.54) is 18.4 Å². The van der Waals surface area contributed by atoms with Gasteiger partial charge in [-0.05, 0) is 65.5 Å². The number of benzene rings is 1. The minimum Gasteiger partial charge on any atom is -0.313 e. The zero-order chi connectivity index (χ0) is 14.5. The van der Waals surface area contributed by atoms with Crippen LogP contribution in [0.5, 0.6) is 0 Å². The van der Waals surface area contributed by atoms with E-state index in [0.29, 0.717) is 16.4 Å². The fourth-order valence-electron chi connectivity index (χ4n) is 2.84. The zero-order valence-corrected chi connectivity index (χ0v) is 13.9. The maximum absolute atomic E-state index is 13.3. The summed E-state index contributed by atoms with van der Waals surface area (Å²) in [6, 6.07) is 5.89. The first-order chi connectivity index (χ1) is 9.54. The van der Waals surface area contributed by atoms with Crippen LogP contribution in [-0.2, 0) is 6.54 Å². The predicted molar refractivity (Wildman–Crippen MR) is 85.2 cm³/mol. The molecular formula is C16H24BrFN2. The van der Waals surface area contributed by atoms with E-state index in [0.717, 1.165) is 26.2 Å². The Morgan fingerprint density at radius 1 is 1.45 bits per heavy atom. The van der Waals surface area contributed by atoms with Gasteiger partial charge in [-0.3, -0.25) is 4.90 Å². The highest BCUT2D eigenvalue weighted by atomic mass is 79.9. The molecule has 1 atom stereocenters. The van der Waals surface area contributed by atoms with Gasteiger partial charge in [0.1, 0.15) is 5.82 Å². The van der Waals surface area contributed by atoms with E-state index in [-0.39, 0.29) is 5.82 Å². The number of nitrogens with zero attached hydrogens (tertiary/aromatic N) is 1. The van der Waals surface area contributed by atoms with Gasteiger partial charge < -0.3 is 5.32 Å². The fraction of sp³-hybridized carbons (Fsp3) is 0.625. The molecule has 0 amide bonds. The SMILES string of the molecule is CC(C)CC1CN(Cc2ccc(F)c(Br)c2)CCCN1. The quantitative estimate of drug-likeness (QED) is 0.895. The molecule has 1 aliphatic heterocycles. The van der Waals surface area contributed by atoms with E-state index >= 15 is 0 Å². The summed E-state index contributed by atoms with van der Waals surface area (Å²) in [7, 11) is 0. The normalized spacial score (nSPS) is 21.1. The van der Waals surface area contributed by atoms with Crippen molar-refractivity contribution in [2.24, 2.45) is 5.92 Å². The van der Waals surface area contributed by atoms with Crippen molar-refractivity contribution in [3.63, 3.8) is 0 Å². The van der Waals surface area contributed by atoms with E-state index < -0.39 is 0 Å². The molecular weight excluding hydrogens is 319 g/mol. The Bertz CT molecular complexity index is 436. The maximum Gasteiger partial charge on any atom is 0.137 e. The van der Waals surface area contributed by atoms with Crippen molar-refractivity contribution < 1.29 is 4.39 Å². The lowest BCUT2D eigenvalue weighted by Crippen LogP contribution is -2.38. The lowest BCUT2D eigenvalue weighted by atomic mass is 10.0. The van der Waals surface area contributed by atoms with Gasteiger partial charge in [0.25, 0.3) is 0 Å². The number of halogens is 2. The largest absolute Gasteiger partial charge is 0.313 e. The fourth-order valence-corrected chi connectivity index (χ4v) is 3.27. The summed E-state index contributed by atoms with van der Waals surface area (Å²) in [5.41, 5.74) is 1.17. The third-order valence-corrected chi connectivity index (χ3v) is 4.32. The third-order valence-electron chi connectivity index (χ3n) is 3.71. The molecule has 0 aliphatic carbocycles. The van der Waals surface area contributed by atoms with Crippen LogP contribution in [0.25, 0.3) is 0 Å². The topological polar surface area (TPSA) is 15.3 Å². The van der Waals surface area contributed by atoms with Crippen molar-refractivity contribution in [1.29, 1.82) is 0 Å². The molecule has 1 aliphatic rings. The highest BCUT2D eigenvalue weighted by molar-refractivity contribution is 9.10. The van der Waals surface area contributed by atoms with Gasteiger partial charge in [0.2, 0.25) is 0 Å². The molecule has 4 heteroatoms. The summed E-state index contributed by atoms with van der Waals surface area (Å²) in [6.45, 7) is 8.72. The smallest absolute Gasteiger partial charge is 0.137 e. The molecule has 1 heterocycles. The Kier molecular flexibility index (Phi) is 6.00. The van der Waals surface area contributed by atoms with Crippen LogP contribution in [-0.4, -0.2) is 30.6 Å². The van der Waals surface area contributed by atoms with E-state index in [1.54, 1.807) is 6.07 Å². The lowest BCUT2D eigenvalue weighted by molar-refractivity contribution is 0.247. The Morgan fingerprint density at radius 2 is 2.25 bits per heavy atom. The van der Waals surface area contributed by atoms with Gasteiger partial charge in [0.05, 0.1) is 4.47 Å². The Balaban J connectivity index is 1.97. The second kappa shape index (κ2) is 7.53. The second-order valence-electron chi connectivity index (χ2n) is 6.12. The first kappa shape index (κ1) is 15.9. The van der Waals surface area contributed by atoms with Crippen LogP contribution in [0.4, 0.5) is 4.39 Å². The van der Waals surface area contributed by atoms with Gasteiger partial charge in [0, 0.05) is 19.1 Å².